The van der Waals surface area contributed by atoms with Crippen molar-refractivity contribution in [3.63, 3.8) is 0 Å². The first-order valence-electron chi connectivity index (χ1n) is 5.50. The van der Waals surface area contributed by atoms with Gasteiger partial charge in [0.15, 0.2) is 0 Å². The van der Waals surface area contributed by atoms with Crippen LogP contribution in [0.1, 0.15) is 29.0 Å². The zero-order valence-electron chi connectivity index (χ0n) is 10.3. The molecule has 7 heteroatoms. The van der Waals surface area contributed by atoms with Crippen LogP contribution in [0.25, 0.3) is 0 Å². The molecule has 0 aliphatic carbocycles. The van der Waals surface area contributed by atoms with Gasteiger partial charge in [0.2, 0.25) is 5.76 Å². The highest BCUT2D eigenvalue weighted by atomic mass is 16.5. The van der Waals surface area contributed by atoms with E-state index in [0.717, 1.165) is 0 Å². The quantitative estimate of drug-likeness (QED) is 0.692. The van der Waals surface area contributed by atoms with E-state index >= 15 is 0 Å². The van der Waals surface area contributed by atoms with Crippen molar-refractivity contribution in [2.75, 3.05) is 13.7 Å². The molecule has 7 nitrogen and oxygen atoms in total. The summed E-state index contributed by atoms with van der Waals surface area (Å²) in [6.07, 6.45) is 2.24. The minimum Gasteiger partial charge on any atom is -0.480 e. The third-order valence-electron chi connectivity index (χ3n) is 2.40. The van der Waals surface area contributed by atoms with Crippen LogP contribution in [0.2, 0.25) is 0 Å². The molecule has 0 aliphatic rings. The van der Waals surface area contributed by atoms with Crippen LogP contribution >= 0.6 is 0 Å². The van der Waals surface area contributed by atoms with E-state index in [1.54, 1.807) is 6.92 Å². The highest BCUT2D eigenvalue weighted by Gasteiger charge is 2.23. The number of hydrogen-bond acceptors (Lipinski definition) is 5. The molecule has 1 amide bonds. The molecule has 0 saturated carbocycles. The van der Waals surface area contributed by atoms with Crippen LogP contribution in [0, 0.1) is 6.92 Å². The van der Waals surface area contributed by atoms with Gasteiger partial charge in [0, 0.05) is 19.3 Å². The Labute approximate surface area is 104 Å². The molecule has 0 saturated heterocycles. The van der Waals surface area contributed by atoms with Crippen LogP contribution in [-0.2, 0) is 9.53 Å². The Bertz CT molecular complexity index is 415. The number of nitrogens with zero attached hydrogens (tertiary/aromatic N) is 1. The van der Waals surface area contributed by atoms with Gasteiger partial charge in [-0.05, 0) is 19.8 Å². The van der Waals surface area contributed by atoms with Gasteiger partial charge in [-0.1, -0.05) is 5.16 Å². The highest BCUT2D eigenvalue weighted by Crippen LogP contribution is 2.07. The zero-order chi connectivity index (χ0) is 13.5. The molecule has 0 aliphatic heterocycles. The highest BCUT2D eigenvalue weighted by molar-refractivity contribution is 5.95. The van der Waals surface area contributed by atoms with Crippen molar-refractivity contribution >= 4 is 11.9 Å². The minimum atomic E-state index is -1.09. The average molecular weight is 256 g/mol. The molecule has 1 unspecified atom stereocenters. The molecule has 2 N–H and O–H groups in total. The molecule has 18 heavy (non-hydrogen) atoms. The Morgan fingerprint density at radius 1 is 1.61 bits per heavy atom. The van der Waals surface area contributed by atoms with Crippen LogP contribution in [0.4, 0.5) is 0 Å². The number of rotatable bonds is 7. The lowest BCUT2D eigenvalue weighted by molar-refractivity contribution is -0.139. The first-order chi connectivity index (χ1) is 8.56. The number of aryl methyl sites for hydroxylation is 1. The number of carboxylic acid groups (broad SMARTS) is 1. The molecular weight excluding hydrogens is 240 g/mol. The standard InChI is InChI=1S/C11H16N2O5/c1-7-6-12-18-9(7)10(14)13-8(11(15)16)4-3-5-17-2/h6,8H,3-5H2,1-2H3,(H,13,14)(H,15,16). The van der Waals surface area contributed by atoms with Crippen LogP contribution in [0.3, 0.4) is 0 Å². The van der Waals surface area contributed by atoms with Crippen LogP contribution in [0.15, 0.2) is 10.7 Å². The third-order valence-corrected chi connectivity index (χ3v) is 2.40. The first-order valence-corrected chi connectivity index (χ1v) is 5.50. The number of aliphatic carboxylic acids is 1. The summed E-state index contributed by atoms with van der Waals surface area (Å²) in [5.74, 6) is -1.63. The number of aromatic nitrogens is 1. The number of amides is 1. The SMILES string of the molecule is COCCCC(NC(=O)c1oncc1C)C(=O)O. The van der Waals surface area contributed by atoms with Crippen molar-refractivity contribution in [1.29, 1.82) is 0 Å². The Morgan fingerprint density at radius 3 is 2.83 bits per heavy atom. The van der Waals surface area contributed by atoms with Gasteiger partial charge in [-0.15, -0.1) is 0 Å². The number of nitrogens with one attached hydrogen (secondary N) is 1. The van der Waals surface area contributed by atoms with E-state index in [1.165, 1.54) is 13.3 Å². The topological polar surface area (TPSA) is 102 Å². The van der Waals surface area contributed by atoms with E-state index in [2.05, 4.69) is 10.5 Å². The lowest BCUT2D eigenvalue weighted by atomic mass is 10.1. The molecule has 0 spiro atoms. The largest absolute Gasteiger partial charge is 0.480 e. The second kappa shape index (κ2) is 6.75. The maximum absolute atomic E-state index is 11.7. The Morgan fingerprint density at radius 2 is 2.33 bits per heavy atom. The van der Waals surface area contributed by atoms with Gasteiger partial charge in [0.05, 0.1) is 6.20 Å². The number of carbonyl (C=O) groups is 2. The van der Waals surface area contributed by atoms with Gasteiger partial charge in [-0.25, -0.2) is 4.79 Å². The number of methoxy groups -OCH3 is 1. The molecule has 100 valence electrons. The third kappa shape index (κ3) is 3.85. The van der Waals surface area contributed by atoms with Gasteiger partial charge in [0.1, 0.15) is 6.04 Å². The average Bonchev–Trinajstić information content (AvgIpc) is 2.74. The van der Waals surface area contributed by atoms with Gasteiger partial charge in [-0.2, -0.15) is 0 Å². The molecule has 0 fully saturated rings. The maximum Gasteiger partial charge on any atom is 0.326 e. The van der Waals surface area contributed by atoms with Gasteiger partial charge in [-0.3, -0.25) is 4.79 Å². The molecule has 0 bridgehead atoms. The van der Waals surface area contributed by atoms with E-state index in [-0.39, 0.29) is 5.76 Å². The number of carboxylic acids is 1. The summed E-state index contributed by atoms with van der Waals surface area (Å²) in [6.45, 7) is 2.10. The monoisotopic (exact) mass is 256 g/mol. The van der Waals surface area contributed by atoms with E-state index in [4.69, 9.17) is 14.4 Å². The molecule has 1 heterocycles. The van der Waals surface area contributed by atoms with Crippen LogP contribution < -0.4 is 5.32 Å². The molecule has 1 atom stereocenters. The number of ether oxygens (including phenoxy) is 1. The lowest BCUT2D eigenvalue weighted by Gasteiger charge is -2.13. The summed E-state index contributed by atoms with van der Waals surface area (Å²) >= 11 is 0. The zero-order valence-corrected chi connectivity index (χ0v) is 10.3. The molecular formula is C11H16N2O5. The molecule has 1 aromatic heterocycles. The van der Waals surface area contributed by atoms with Crippen LogP contribution in [-0.4, -0.2) is 41.9 Å². The molecule has 1 rings (SSSR count). The Kier molecular flexibility index (Phi) is 5.31. The summed E-state index contributed by atoms with van der Waals surface area (Å²) in [6, 6.07) is -0.961. The molecule has 0 aromatic carbocycles. The Balaban J connectivity index is 2.58. The van der Waals surface area contributed by atoms with Crippen molar-refractivity contribution in [2.45, 2.75) is 25.8 Å². The van der Waals surface area contributed by atoms with Crippen molar-refractivity contribution < 1.29 is 24.0 Å². The number of hydrogen-bond donors (Lipinski definition) is 2. The lowest BCUT2D eigenvalue weighted by Crippen LogP contribution is -2.41. The Hall–Kier alpha value is -1.89. The number of carbonyl (C=O) groups excluding carboxylic acids is 1. The normalized spacial score (nSPS) is 12.1. The van der Waals surface area contributed by atoms with Gasteiger partial charge >= 0.3 is 5.97 Å². The van der Waals surface area contributed by atoms with Gasteiger partial charge in [0.25, 0.3) is 5.91 Å². The fraction of sp³-hybridized carbons (Fsp3) is 0.545. The fourth-order valence-corrected chi connectivity index (χ4v) is 1.42. The summed E-state index contributed by atoms with van der Waals surface area (Å²) in [4.78, 5) is 22.7. The second-order valence-corrected chi connectivity index (χ2v) is 3.84. The summed E-state index contributed by atoms with van der Waals surface area (Å²) < 4.78 is 9.59. The molecule has 0 radical (unpaired) electrons. The smallest absolute Gasteiger partial charge is 0.326 e. The summed E-state index contributed by atoms with van der Waals surface area (Å²) in [7, 11) is 1.53. The minimum absolute atomic E-state index is 0.0352. The van der Waals surface area contributed by atoms with E-state index < -0.39 is 17.9 Å². The summed E-state index contributed by atoms with van der Waals surface area (Å²) in [5.41, 5.74) is 0.563. The predicted octanol–water partition coefficient (Wildman–Crippen LogP) is 0.593. The fourth-order valence-electron chi connectivity index (χ4n) is 1.42. The van der Waals surface area contributed by atoms with E-state index in [1.807, 2.05) is 0 Å². The van der Waals surface area contributed by atoms with Gasteiger partial charge < -0.3 is 19.7 Å². The maximum atomic E-state index is 11.7. The second-order valence-electron chi connectivity index (χ2n) is 3.84. The predicted molar refractivity (Wildman–Crippen MR) is 61.2 cm³/mol. The molecule has 1 aromatic rings. The van der Waals surface area contributed by atoms with Crippen molar-refractivity contribution in [1.82, 2.24) is 10.5 Å². The van der Waals surface area contributed by atoms with E-state index in [0.29, 0.717) is 25.0 Å². The summed E-state index contributed by atoms with van der Waals surface area (Å²) in [5, 5.41) is 14.8. The van der Waals surface area contributed by atoms with Crippen molar-refractivity contribution in [3.05, 3.63) is 17.5 Å². The van der Waals surface area contributed by atoms with E-state index in [9.17, 15) is 9.59 Å². The first kappa shape index (κ1) is 14.2. The van der Waals surface area contributed by atoms with Crippen molar-refractivity contribution in [3.8, 4) is 0 Å². The van der Waals surface area contributed by atoms with Crippen molar-refractivity contribution in [2.24, 2.45) is 0 Å². The van der Waals surface area contributed by atoms with Crippen LogP contribution in [0.5, 0.6) is 0 Å².